The molecule has 0 aromatic heterocycles. The third kappa shape index (κ3) is 2.86. The Bertz CT molecular complexity index is 426. The lowest BCUT2D eigenvalue weighted by atomic mass is 10.1. The Morgan fingerprint density at radius 1 is 1.47 bits per heavy atom. The number of hydrogen-bond acceptors (Lipinski definition) is 2. The van der Waals surface area contributed by atoms with Crippen molar-refractivity contribution in [1.82, 2.24) is 5.32 Å². The number of carbonyl (C=O) groups excluding carboxylic acids is 1. The molecule has 1 aromatic carbocycles. The first-order chi connectivity index (χ1) is 8.03. The van der Waals surface area contributed by atoms with Gasteiger partial charge in [0.05, 0.1) is 6.61 Å². The normalized spacial score (nSPS) is 21.0. The minimum absolute atomic E-state index is 0.0391. The lowest BCUT2D eigenvalue weighted by Crippen LogP contribution is -2.26. The molecule has 2 N–H and O–H groups in total. The Morgan fingerprint density at radius 3 is 2.71 bits per heavy atom. The van der Waals surface area contributed by atoms with E-state index in [-0.39, 0.29) is 23.8 Å². The maximum Gasteiger partial charge on any atom is 0.223 e. The molecule has 0 saturated heterocycles. The van der Waals surface area contributed by atoms with Gasteiger partial charge in [0.1, 0.15) is 0 Å². The number of hydrogen-bond donors (Lipinski definition) is 2. The van der Waals surface area contributed by atoms with Crippen molar-refractivity contribution in [3.8, 4) is 0 Å². The number of carbonyl (C=O) groups is 1. The van der Waals surface area contributed by atoms with Crippen molar-refractivity contribution in [3.63, 3.8) is 0 Å². The van der Waals surface area contributed by atoms with Crippen molar-refractivity contribution in [2.75, 3.05) is 0 Å². The summed E-state index contributed by atoms with van der Waals surface area (Å²) in [5, 5.41) is 12.0. The van der Waals surface area contributed by atoms with Crippen LogP contribution in [0.4, 0.5) is 0 Å². The van der Waals surface area contributed by atoms with E-state index in [0.717, 1.165) is 17.5 Å². The molecule has 2 rings (SSSR count). The first-order valence-electron chi connectivity index (χ1n) is 5.99. The first kappa shape index (κ1) is 12.1. The highest BCUT2D eigenvalue weighted by Crippen LogP contribution is 2.51. The molecule has 1 fully saturated rings. The van der Waals surface area contributed by atoms with E-state index in [2.05, 4.69) is 19.2 Å². The molecule has 3 nitrogen and oxygen atoms in total. The molecule has 1 atom stereocenters. The highest BCUT2D eigenvalue weighted by atomic mass is 16.3. The van der Waals surface area contributed by atoms with Gasteiger partial charge in [-0.05, 0) is 23.0 Å². The van der Waals surface area contributed by atoms with Crippen LogP contribution in [0.5, 0.6) is 0 Å². The van der Waals surface area contributed by atoms with Gasteiger partial charge < -0.3 is 10.4 Å². The van der Waals surface area contributed by atoms with Crippen molar-refractivity contribution in [2.45, 2.75) is 33.4 Å². The largest absolute Gasteiger partial charge is 0.392 e. The van der Waals surface area contributed by atoms with E-state index in [4.69, 9.17) is 5.11 Å². The molecule has 1 aromatic rings. The van der Waals surface area contributed by atoms with E-state index in [0.29, 0.717) is 6.54 Å². The van der Waals surface area contributed by atoms with Gasteiger partial charge in [-0.3, -0.25) is 4.79 Å². The van der Waals surface area contributed by atoms with Gasteiger partial charge in [-0.15, -0.1) is 0 Å². The summed E-state index contributed by atoms with van der Waals surface area (Å²) < 4.78 is 0. The Hall–Kier alpha value is -1.35. The van der Waals surface area contributed by atoms with Crippen molar-refractivity contribution in [3.05, 3.63) is 35.4 Å². The van der Waals surface area contributed by atoms with E-state index in [1.165, 1.54) is 0 Å². The SMILES string of the molecule is CC1(C)CC1C(=O)NCc1cccc(CO)c1. The zero-order chi connectivity index (χ0) is 12.5. The van der Waals surface area contributed by atoms with Crippen molar-refractivity contribution >= 4 is 5.91 Å². The third-order valence-corrected chi connectivity index (χ3v) is 3.47. The molecule has 0 bridgehead atoms. The number of rotatable bonds is 4. The third-order valence-electron chi connectivity index (χ3n) is 3.47. The van der Waals surface area contributed by atoms with Gasteiger partial charge in [-0.1, -0.05) is 38.1 Å². The van der Waals surface area contributed by atoms with Crippen molar-refractivity contribution in [1.29, 1.82) is 0 Å². The van der Waals surface area contributed by atoms with E-state index in [1.807, 2.05) is 24.3 Å². The summed E-state index contributed by atoms with van der Waals surface area (Å²) in [4.78, 5) is 11.8. The average molecular weight is 233 g/mol. The molecular weight excluding hydrogens is 214 g/mol. The lowest BCUT2D eigenvalue weighted by molar-refractivity contribution is -0.123. The molecule has 0 aliphatic heterocycles. The van der Waals surface area contributed by atoms with Gasteiger partial charge >= 0.3 is 0 Å². The molecule has 1 amide bonds. The molecule has 0 radical (unpaired) electrons. The second-order valence-corrected chi connectivity index (χ2v) is 5.44. The second kappa shape index (κ2) is 4.49. The van der Waals surface area contributed by atoms with E-state index >= 15 is 0 Å². The maximum absolute atomic E-state index is 11.8. The van der Waals surface area contributed by atoms with E-state index in [1.54, 1.807) is 0 Å². The summed E-state index contributed by atoms with van der Waals surface area (Å²) in [5.74, 6) is 0.313. The van der Waals surface area contributed by atoms with Crippen LogP contribution in [0.15, 0.2) is 24.3 Å². The van der Waals surface area contributed by atoms with Crippen LogP contribution < -0.4 is 5.32 Å². The molecular formula is C14H19NO2. The Morgan fingerprint density at radius 2 is 2.12 bits per heavy atom. The Balaban J connectivity index is 1.87. The number of benzene rings is 1. The first-order valence-corrected chi connectivity index (χ1v) is 5.99. The van der Waals surface area contributed by atoms with Gasteiger partial charge in [0.25, 0.3) is 0 Å². The van der Waals surface area contributed by atoms with Crippen LogP contribution >= 0.6 is 0 Å². The molecule has 1 saturated carbocycles. The standard InChI is InChI=1S/C14H19NO2/c1-14(2)7-12(14)13(17)15-8-10-4-3-5-11(6-10)9-16/h3-6,12,16H,7-9H2,1-2H3,(H,15,17). The molecule has 92 valence electrons. The number of aliphatic hydroxyl groups is 1. The summed E-state index contributed by atoms with van der Waals surface area (Å²) in [5.41, 5.74) is 2.09. The number of amides is 1. The van der Waals surface area contributed by atoms with Crippen LogP contribution in [0.25, 0.3) is 0 Å². The predicted octanol–water partition coefficient (Wildman–Crippen LogP) is 1.84. The second-order valence-electron chi connectivity index (χ2n) is 5.44. The molecule has 0 heterocycles. The van der Waals surface area contributed by atoms with Crippen molar-refractivity contribution in [2.24, 2.45) is 11.3 Å². The van der Waals surface area contributed by atoms with Gasteiger partial charge in [0, 0.05) is 12.5 Å². The fourth-order valence-corrected chi connectivity index (χ4v) is 2.07. The van der Waals surface area contributed by atoms with Crippen LogP contribution in [0.2, 0.25) is 0 Å². The van der Waals surface area contributed by atoms with Gasteiger partial charge in [-0.2, -0.15) is 0 Å². The minimum Gasteiger partial charge on any atom is -0.392 e. The average Bonchev–Trinajstić information content (AvgIpc) is 2.96. The molecule has 0 spiro atoms. The van der Waals surface area contributed by atoms with Crippen LogP contribution in [0.1, 0.15) is 31.4 Å². The smallest absolute Gasteiger partial charge is 0.223 e. The summed E-state index contributed by atoms with van der Waals surface area (Å²) in [6.07, 6.45) is 0.982. The lowest BCUT2D eigenvalue weighted by Gasteiger charge is -2.07. The monoisotopic (exact) mass is 233 g/mol. The van der Waals surface area contributed by atoms with Crippen LogP contribution in [-0.2, 0) is 17.9 Å². The topological polar surface area (TPSA) is 49.3 Å². The van der Waals surface area contributed by atoms with Crippen molar-refractivity contribution < 1.29 is 9.90 Å². The van der Waals surface area contributed by atoms with E-state index < -0.39 is 0 Å². The zero-order valence-corrected chi connectivity index (χ0v) is 10.4. The van der Waals surface area contributed by atoms with Gasteiger partial charge in [0.15, 0.2) is 0 Å². The maximum atomic E-state index is 11.8. The molecule has 1 unspecified atom stereocenters. The molecule has 17 heavy (non-hydrogen) atoms. The fraction of sp³-hybridized carbons (Fsp3) is 0.500. The van der Waals surface area contributed by atoms with E-state index in [9.17, 15) is 4.79 Å². The quantitative estimate of drug-likeness (QED) is 0.833. The molecule has 1 aliphatic carbocycles. The Labute approximate surface area is 102 Å². The highest BCUT2D eigenvalue weighted by Gasteiger charge is 2.50. The minimum atomic E-state index is 0.0391. The molecule has 3 heteroatoms. The predicted molar refractivity (Wildman–Crippen MR) is 66.1 cm³/mol. The fourth-order valence-electron chi connectivity index (χ4n) is 2.07. The Kier molecular flexibility index (Phi) is 3.20. The van der Waals surface area contributed by atoms with Crippen LogP contribution in [0.3, 0.4) is 0 Å². The summed E-state index contributed by atoms with van der Waals surface area (Å²) in [6, 6.07) is 7.64. The van der Waals surface area contributed by atoms with Gasteiger partial charge in [-0.25, -0.2) is 0 Å². The van der Waals surface area contributed by atoms with Gasteiger partial charge in [0.2, 0.25) is 5.91 Å². The summed E-state index contributed by atoms with van der Waals surface area (Å²) in [6.45, 7) is 4.81. The zero-order valence-electron chi connectivity index (χ0n) is 10.4. The number of aliphatic hydroxyl groups excluding tert-OH is 1. The summed E-state index contributed by atoms with van der Waals surface area (Å²) >= 11 is 0. The summed E-state index contributed by atoms with van der Waals surface area (Å²) in [7, 11) is 0. The highest BCUT2D eigenvalue weighted by molar-refractivity contribution is 5.82. The van der Waals surface area contributed by atoms with Crippen LogP contribution in [0, 0.1) is 11.3 Å². The van der Waals surface area contributed by atoms with Crippen LogP contribution in [-0.4, -0.2) is 11.0 Å². The number of nitrogens with one attached hydrogen (secondary N) is 1. The molecule has 1 aliphatic rings.